The third-order valence-corrected chi connectivity index (χ3v) is 4.01. The number of hydrogen-bond acceptors (Lipinski definition) is 3. The van der Waals surface area contributed by atoms with Crippen molar-refractivity contribution in [2.24, 2.45) is 5.41 Å². The predicted molar refractivity (Wildman–Crippen MR) is 62.2 cm³/mol. The van der Waals surface area contributed by atoms with Crippen LogP contribution in [0, 0.1) is 5.41 Å². The third-order valence-electron chi connectivity index (χ3n) is 1.70. The molecular formula is C10H23NO3S. The molecule has 0 unspecified atom stereocenters. The monoisotopic (exact) mass is 237 g/mol. The molecular weight excluding hydrogens is 214 g/mol. The molecule has 0 heterocycles. The molecule has 1 N–H and O–H groups in total. The van der Waals surface area contributed by atoms with E-state index < -0.39 is 15.6 Å². The maximum absolute atomic E-state index is 11.8. The van der Waals surface area contributed by atoms with Gasteiger partial charge < -0.3 is 5.11 Å². The van der Waals surface area contributed by atoms with Crippen molar-refractivity contribution in [3.63, 3.8) is 0 Å². The van der Waals surface area contributed by atoms with Crippen molar-refractivity contribution in [1.29, 1.82) is 0 Å². The van der Waals surface area contributed by atoms with E-state index in [1.807, 2.05) is 20.8 Å². The largest absolute Gasteiger partial charge is 0.389 e. The highest BCUT2D eigenvalue weighted by Gasteiger charge is 2.28. The molecule has 92 valence electrons. The lowest BCUT2D eigenvalue weighted by Crippen LogP contribution is -2.42. The average molecular weight is 237 g/mol. The molecule has 0 fully saturated rings. The van der Waals surface area contributed by atoms with Gasteiger partial charge in [-0.15, -0.1) is 0 Å². The summed E-state index contributed by atoms with van der Waals surface area (Å²) in [6.07, 6.45) is 0. The van der Waals surface area contributed by atoms with Crippen LogP contribution >= 0.6 is 0 Å². The van der Waals surface area contributed by atoms with Gasteiger partial charge in [-0.3, -0.25) is 0 Å². The quantitative estimate of drug-likeness (QED) is 0.795. The van der Waals surface area contributed by atoms with Gasteiger partial charge in [0, 0.05) is 13.6 Å². The van der Waals surface area contributed by atoms with E-state index in [-0.39, 0.29) is 17.7 Å². The van der Waals surface area contributed by atoms with Crippen molar-refractivity contribution in [1.82, 2.24) is 4.31 Å². The number of hydrogen-bond donors (Lipinski definition) is 1. The van der Waals surface area contributed by atoms with E-state index in [4.69, 9.17) is 0 Å². The fraction of sp³-hybridized carbons (Fsp3) is 1.00. The molecule has 0 aromatic carbocycles. The molecule has 0 saturated carbocycles. The maximum Gasteiger partial charge on any atom is 0.214 e. The van der Waals surface area contributed by atoms with Crippen LogP contribution in [0.15, 0.2) is 0 Å². The molecule has 0 aliphatic heterocycles. The smallest absolute Gasteiger partial charge is 0.214 e. The molecule has 0 aromatic rings. The Morgan fingerprint density at radius 3 is 1.80 bits per heavy atom. The van der Waals surface area contributed by atoms with E-state index in [2.05, 4.69) is 0 Å². The molecule has 0 saturated heterocycles. The Kier molecular flexibility index (Phi) is 4.35. The van der Waals surface area contributed by atoms with Crippen LogP contribution in [-0.4, -0.2) is 42.8 Å². The second-order valence-corrected chi connectivity index (χ2v) is 7.96. The summed E-state index contributed by atoms with van der Waals surface area (Å²) in [5, 5.41) is 9.54. The van der Waals surface area contributed by atoms with E-state index >= 15 is 0 Å². The van der Waals surface area contributed by atoms with Crippen molar-refractivity contribution in [2.45, 2.75) is 40.2 Å². The summed E-state index contributed by atoms with van der Waals surface area (Å²) in [5.41, 5.74) is -1.27. The summed E-state index contributed by atoms with van der Waals surface area (Å²) in [6.45, 7) is 8.94. The lowest BCUT2D eigenvalue weighted by Gasteiger charge is -2.28. The van der Waals surface area contributed by atoms with Crippen molar-refractivity contribution < 1.29 is 13.5 Å². The van der Waals surface area contributed by atoms with Gasteiger partial charge in [-0.2, -0.15) is 0 Å². The highest BCUT2D eigenvalue weighted by atomic mass is 32.2. The summed E-state index contributed by atoms with van der Waals surface area (Å²) < 4.78 is 24.9. The van der Waals surface area contributed by atoms with E-state index in [0.717, 1.165) is 0 Å². The van der Waals surface area contributed by atoms with Crippen LogP contribution in [0.25, 0.3) is 0 Å². The van der Waals surface area contributed by atoms with Crippen LogP contribution in [0.5, 0.6) is 0 Å². The highest BCUT2D eigenvalue weighted by molar-refractivity contribution is 7.89. The average Bonchev–Trinajstić information content (AvgIpc) is 1.75. The minimum absolute atomic E-state index is 0.0899. The maximum atomic E-state index is 11.8. The first-order chi connectivity index (χ1) is 6.33. The van der Waals surface area contributed by atoms with Crippen LogP contribution < -0.4 is 0 Å². The summed E-state index contributed by atoms with van der Waals surface area (Å²) in [5.74, 6) is 0.0899. The molecule has 0 bridgehead atoms. The third kappa shape index (κ3) is 6.87. The Morgan fingerprint density at radius 2 is 1.53 bits per heavy atom. The first-order valence-electron chi connectivity index (χ1n) is 5.00. The molecule has 0 rings (SSSR count). The SMILES string of the molecule is CN(CC(C)(C)O)S(=O)(=O)CC(C)(C)C. The fourth-order valence-corrected chi connectivity index (χ4v) is 3.13. The Balaban J connectivity index is 4.62. The number of nitrogens with zero attached hydrogens (tertiary/aromatic N) is 1. The summed E-state index contributed by atoms with van der Waals surface area (Å²) in [6, 6.07) is 0. The molecule has 0 aliphatic carbocycles. The number of rotatable bonds is 4. The van der Waals surface area contributed by atoms with E-state index in [9.17, 15) is 13.5 Å². The standard InChI is InChI=1S/C10H23NO3S/c1-9(2,3)8-15(13,14)11(6)7-10(4,5)12/h12H,7-8H2,1-6H3. The Labute approximate surface area is 93.3 Å². The first-order valence-corrected chi connectivity index (χ1v) is 6.61. The molecule has 0 aliphatic rings. The summed E-state index contributed by atoms with van der Waals surface area (Å²) in [7, 11) is -1.78. The van der Waals surface area contributed by atoms with Gasteiger partial charge in [0.1, 0.15) is 0 Å². The summed E-state index contributed by atoms with van der Waals surface area (Å²) in [4.78, 5) is 0. The minimum Gasteiger partial charge on any atom is -0.389 e. The topological polar surface area (TPSA) is 57.6 Å². The predicted octanol–water partition coefficient (Wildman–Crippen LogP) is 1.06. The van der Waals surface area contributed by atoms with Crippen molar-refractivity contribution in [2.75, 3.05) is 19.3 Å². The lowest BCUT2D eigenvalue weighted by atomic mass is 10.0. The van der Waals surface area contributed by atoms with Crippen LogP contribution in [0.2, 0.25) is 0 Å². The van der Waals surface area contributed by atoms with Crippen molar-refractivity contribution in [3.8, 4) is 0 Å². The van der Waals surface area contributed by atoms with Crippen LogP contribution in [-0.2, 0) is 10.0 Å². The Bertz CT molecular complexity index is 296. The molecule has 4 nitrogen and oxygen atoms in total. The number of likely N-dealkylation sites (N-methyl/N-ethyl adjacent to an activating group) is 1. The van der Waals surface area contributed by atoms with Crippen LogP contribution in [0.4, 0.5) is 0 Å². The molecule has 15 heavy (non-hydrogen) atoms. The zero-order valence-electron chi connectivity index (χ0n) is 10.5. The highest BCUT2D eigenvalue weighted by Crippen LogP contribution is 2.19. The summed E-state index contributed by atoms with van der Waals surface area (Å²) >= 11 is 0. The second-order valence-electron chi connectivity index (χ2n) is 5.89. The fourth-order valence-electron chi connectivity index (χ4n) is 1.30. The molecule has 0 atom stereocenters. The van der Waals surface area contributed by atoms with E-state index in [1.54, 1.807) is 13.8 Å². The number of aliphatic hydroxyl groups is 1. The van der Waals surface area contributed by atoms with E-state index in [0.29, 0.717) is 0 Å². The molecule has 0 amide bonds. The first kappa shape index (κ1) is 14.9. The second kappa shape index (κ2) is 4.39. The molecule has 5 heteroatoms. The van der Waals surface area contributed by atoms with E-state index in [1.165, 1.54) is 11.4 Å². The van der Waals surface area contributed by atoms with Gasteiger partial charge in [-0.1, -0.05) is 20.8 Å². The molecule has 0 radical (unpaired) electrons. The number of sulfonamides is 1. The van der Waals surface area contributed by atoms with Gasteiger partial charge >= 0.3 is 0 Å². The minimum atomic E-state index is -3.28. The van der Waals surface area contributed by atoms with Gasteiger partial charge in [-0.05, 0) is 19.3 Å². The molecule has 0 aromatic heterocycles. The van der Waals surface area contributed by atoms with Crippen LogP contribution in [0.3, 0.4) is 0 Å². The van der Waals surface area contributed by atoms with Gasteiger partial charge in [0.25, 0.3) is 0 Å². The van der Waals surface area contributed by atoms with Crippen molar-refractivity contribution in [3.05, 3.63) is 0 Å². The molecule has 0 spiro atoms. The zero-order chi connectivity index (χ0) is 12.5. The Hall–Kier alpha value is -0.130. The van der Waals surface area contributed by atoms with Crippen molar-refractivity contribution >= 4 is 10.0 Å². The van der Waals surface area contributed by atoms with Gasteiger partial charge in [0.15, 0.2) is 0 Å². The normalized spacial score (nSPS) is 14.7. The lowest BCUT2D eigenvalue weighted by molar-refractivity contribution is 0.0638. The van der Waals surface area contributed by atoms with Gasteiger partial charge in [0.2, 0.25) is 10.0 Å². The zero-order valence-corrected chi connectivity index (χ0v) is 11.3. The van der Waals surface area contributed by atoms with Crippen LogP contribution in [0.1, 0.15) is 34.6 Å². The van der Waals surface area contributed by atoms with Gasteiger partial charge in [0.05, 0.1) is 11.4 Å². The van der Waals surface area contributed by atoms with Gasteiger partial charge in [-0.25, -0.2) is 12.7 Å². The Morgan fingerprint density at radius 1 is 1.13 bits per heavy atom.